The van der Waals surface area contributed by atoms with E-state index in [0.717, 1.165) is 17.8 Å². The van der Waals surface area contributed by atoms with Crippen LogP contribution in [0.4, 0.5) is 0 Å². The van der Waals surface area contributed by atoms with Gasteiger partial charge in [0.25, 0.3) is 0 Å². The van der Waals surface area contributed by atoms with Crippen molar-refractivity contribution in [2.24, 2.45) is 4.99 Å². The van der Waals surface area contributed by atoms with E-state index in [2.05, 4.69) is 35.4 Å². The van der Waals surface area contributed by atoms with E-state index < -0.39 is 0 Å². The first-order valence-electron chi connectivity index (χ1n) is 5.98. The second kappa shape index (κ2) is 7.60. The van der Waals surface area contributed by atoms with Crippen molar-refractivity contribution in [3.05, 3.63) is 12.7 Å². The Morgan fingerprint density at radius 1 is 1.56 bits per heavy atom. The van der Waals surface area contributed by atoms with Gasteiger partial charge in [-0.3, -0.25) is 0 Å². The Bertz CT molecular complexity index is 240. The lowest BCUT2D eigenvalue weighted by Crippen LogP contribution is -2.42. The summed E-state index contributed by atoms with van der Waals surface area (Å²) in [6, 6.07) is 0.583. The summed E-state index contributed by atoms with van der Waals surface area (Å²) in [5.41, 5.74) is 0. The molecule has 0 bridgehead atoms. The molecule has 92 valence electrons. The first kappa shape index (κ1) is 13.4. The molecular weight excluding hydrogens is 218 g/mol. The van der Waals surface area contributed by atoms with Crippen LogP contribution in [0.1, 0.15) is 26.2 Å². The van der Waals surface area contributed by atoms with Gasteiger partial charge in [-0.25, -0.2) is 4.99 Å². The Hall–Kier alpha value is -0.640. The Labute approximate surface area is 103 Å². The largest absolute Gasteiger partial charge is 0.357 e. The van der Waals surface area contributed by atoms with Crippen molar-refractivity contribution >= 4 is 17.7 Å². The normalized spacial score (nSPS) is 25.5. The van der Waals surface area contributed by atoms with Crippen molar-refractivity contribution in [2.45, 2.75) is 37.5 Å². The Kier molecular flexibility index (Phi) is 6.38. The molecule has 0 aromatic carbocycles. The summed E-state index contributed by atoms with van der Waals surface area (Å²) in [5.74, 6) is 0.925. The van der Waals surface area contributed by atoms with Crippen LogP contribution in [-0.2, 0) is 0 Å². The second-order valence-electron chi connectivity index (χ2n) is 4.02. The number of nitrogens with one attached hydrogen (secondary N) is 2. The van der Waals surface area contributed by atoms with Crippen LogP contribution in [0.2, 0.25) is 0 Å². The zero-order valence-electron chi connectivity index (χ0n) is 10.3. The van der Waals surface area contributed by atoms with Crippen molar-refractivity contribution in [3.8, 4) is 0 Å². The highest BCUT2D eigenvalue weighted by atomic mass is 32.2. The lowest BCUT2D eigenvalue weighted by atomic mass is 10.2. The van der Waals surface area contributed by atoms with E-state index in [1.165, 1.54) is 19.3 Å². The molecular formula is C12H23N3S. The molecule has 16 heavy (non-hydrogen) atoms. The van der Waals surface area contributed by atoms with Crippen LogP contribution >= 0.6 is 11.8 Å². The van der Waals surface area contributed by atoms with Gasteiger partial charge < -0.3 is 10.6 Å². The van der Waals surface area contributed by atoms with Crippen molar-refractivity contribution in [1.82, 2.24) is 10.6 Å². The molecule has 4 heteroatoms. The minimum absolute atomic E-state index is 0.583. The molecule has 1 aliphatic carbocycles. The maximum atomic E-state index is 4.42. The molecule has 3 nitrogen and oxygen atoms in total. The number of nitrogens with zero attached hydrogens (tertiary/aromatic N) is 1. The quantitative estimate of drug-likeness (QED) is 0.439. The van der Waals surface area contributed by atoms with Gasteiger partial charge >= 0.3 is 0 Å². The molecule has 0 aromatic rings. The fourth-order valence-corrected chi connectivity index (χ4v) is 2.75. The molecule has 0 aliphatic heterocycles. The van der Waals surface area contributed by atoms with Crippen molar-refractivity contribution < 1.29 is 0 Å². The van der Waals surface area contributed by atoms with Crippen molar-refractivity contribution in [2.75, 3.05) is 19.3 Å². The maximum Gasteiger partial charge on any atom is 0.191 e. The SMILES string of the molecule is C=CCN=C(NCC)NC1CCC(SC)C1. The monoisotopic (exact) mass is 241 g/mol. The minimum atomic E-state index is 0.583. The zero-order chi connectivity index (χ0) is 11.8. The number of rotatable bonds is 5. The van der Waals surface area contributed by atoms with Crippen molar-refractivity contribution in [1.29, 1.82) is 0 Å². The first-order chi connectivity index (χ1) is 7.80. The van der Waals surface area contributed by atoms with E-state index >= 15 is 0 Å². The molecule has 2 atom stereocenters. The molecule has 1 rings (SSSR count). The van der Waals surface area contributed by atoms with Crippen LogP contribution in [0.15, 0.2) is 17.6 Å². The standard InChI is InChI=1S/C12H23N3S/c1-4-8-14-12(13-5-2)15-10-6-7-11(9-10)16-3/h4,10-11H,1,5-9H2,2-3H3,(H2,13,14,15). The summed E-state index contributed by atoms with van der Waals surface area (Å²) in [6.07, 6.45) is 7.84. The first-order valence-corrected chi connectivity index (χ1v) is 7.27. The van der Waals surface area contributed by atoms with E-state index in [1.807, 2.05) is 17.8 Å². The third-order valence-electron chi connectivity index (χ3n) is 2.78. The maximum absolute atomic E-state index is 4.42. The average molecular weight is 241 g/mol. The van der Waals surface area contributed by atoms with Crippen molar-refractivity contribution in [3.63, 3.8) is 0 Å². The Morgan fingerprint density at radius 2 is 2.38 bits per heavy atom. The number of hydrogen-bond acceptors (Lipinski definition) is 2. The molecule has 2 unspecified atom stereocenters. The molecule has 1 saturated carbocycles. The van der Waals surface area contributed by atoms with Crippen LogP contribution in [0.25, 0.3) is 0 Å². The molecule has 0 saturated heterocycles. The highest BCUT2D eigenvalue weighted by molar-refractivity contribution is 7.99. The van der Waals surface area contributed by atoms with Gasteiger partial charge in [0.05, 0.1) is 6.54 Å². The van der Waals surface area contributed by atoms with Crippen LogP contribution in [-0.4, -0.2) is 36.6 Å². The number of aliphatic imine (C=N–C) groups is 1. The molecule has 0 radical (unpaired) electrons. The van der Waals surface area contributed by atoms with Gasteiger partial charge in [-0.2, -0.15) is 11.8 Å². The molecule has 1 fully saturated rings. The van der Waals surface area contributed by atoms with Crippen LogP contribution < -0.4 is 10.6 Å². The molecule has 0 aromatic heterocycles. The second-order valence-corrected chi connectivity index (χ2v) is 5.16. The Morgan fingerprint density at radius 3 is 2.94 bits per heavy atom. The highest BCUT2D eigenvalue weighted by Gasteiger charge is 2.24. The lowest BCUT2D eigenvalue weighted by molar-refractivity contribution is 0.616. The summed E-state index contributed by atoms with van der Waals surface area (Å²) in [6.45, 7) is 7.35. The van der Waals surface area contributed by atoms with E-state index in [9.17, 15) is 0 Å². The molecule has 0 spiro atoms. The predicted molar refractivity (Wildman–Crippen MR) is 74.3 cm³/mol. The van der Waals surface area contributed by atoms with Crippen LogP contribution in [0, 0.1) is 0 Å². The molecule has 2 N–H and O–H groups in total. The highest BCUT2D eigenvalue weighted by Crippen LogP contribution is 2.27. The van der Waals surface area contributed by atoms with E-state index in [0.29, 0.717) is 12.6 Å². The smallest absolute Gasteiger partial charge is 0.191 e. The summed E-state index contributed by atoms with van der Waals surface area (Å²) in [4.78, 5) is 4.42. The lowest BCUT2D eigenvalue weighted by Gasteiger charge is -2.16. The van der Waals surface area contributed by atoms with Gasteiger partial charge in [0.1, 0.15) is 0 Å². The third kappa shape index (κ3) is 4.47. The fourth-order valence-electron chi connectivity index (χ4n) is 1.95. The summed E-state index contributed by atoms with van der Waals surface area (Å²) in [7, 11) is 0. The summed E-state index contributed by atoms with van der Waals surface area (Å²) < 4.78 is 0. The van der Waals surface area contributed by atoms with Gasteiger partial charge in [-0.05, 0) is 32.4 Å². The summed E-state index contributed by atoms with van der Waals surface area (Å²) >= 11 is 1.98. The van der Waals surface area contributed by atoms with Gasteiger partial charge in [0, 0.05) is 17.8 Å². The van der Waals surface area contributed by atoms with Crippen LogP contribution in [0.3, 0.4) is 0 Å². The molecule has 0 amide bonds. The number of guanidine groups is 1. The predicted octanol–water partition coefficient (Wildman–Crippen LogP) is 2.01. The average Bonchev–Trinajstić information content (AvgIpc) is 2.74. The van der Waals surface area contributed by atoms with E-state index in [-0.39, 0.29) is 0 Å². The summed E-state index contributed by atoms with van der Waals surface area (Å²) in [5, 5.41) is 7.57. The number of thioether (sulfide) groups is 1. The van der Waals surface area contributed by atoms with Gasteiger partial charge in [0.2, 0.25) is 0 Å². The fraction of sp³-hybridized carbons (Fsp3) is 0.750. The van der Waals surface area contributed by atoms with E-state index in [4.69, 9.17) is 0 Å². The minimum Gasteiger partial charge on any atom is -0.357 e. The zero-order valence-corrected chi connectivity index (χ0v) is 11.1. The molecule has 0 heterocycles. The van der Waals surface area contributed by atoms with Gasteiger partial charge in [-0.1, -0.05) is 6.08 Å². The topological polar surface area (TPSA) is 36.4 Å². The van der Waals surface area contributed by atoms with Gasteiger partial charge in [-0.15, -0.1) is 6.58 Å². The Balaban J connectivity index is 2.39. The van der Waals surface area contributed by atoms with Gasteiger partial charge in [0.15, 0.2) is 5.96 Å². The van der Waals surface area contributed by atoms with E-state index in [1.54, 1.807) is 0 Å². The van der Waals surface area contributed by atoms with Crippen LogP contribution in [0.5, 0.6) is 0 Å². The number of hydrogen-bond donors (Lipinski definition) is 2. The third-order valence-corrected chi connectivity index (χ3v) is 3.88. The molecule has 1 aliphatic rings.